The minimum Gasteiger partial charge on any atom is -0.322 e. The lowest BCUT2D eigenvalue weighted by molar-refractivity contribution is -0.121. The maximum Gasteiger partial charge on any atom is 0.255 e. The average molecular weight is 443 g/mol. The van der Waals surface area contributed by atoms with Crippen LogP contribution in [-0.2, 0) is 21.2 Å². The molecule has 0 spiro atoms. The highest BCUT2D eigenvalue weighted by molar-refractivity contribution is 7.90. The minimum atomic E-state index is -3.49. The van der Waals surface area contributed by atoms with Gasteiger partial charge in [-0.2, -0.15) is 0 Å². The highest BCUT2D eigenvalue weighted by Gasteiger charge is 2.39. The standard InChI is InChI=1S/C22H26N4O4S/c1-31(29,30)19-9-5-8-16-17(19)14-26(22(16)28)18(12-15-6-3-2-4-7-15)21(27)25-20-13-23-10-11-24-20/h5,8-11,13,15,18H,2-4,6-7,12,14H2,1H3,(H,24,25,27)/t18-/m0/s1. The maximum absolute atomic E-state index is 13.3. The number of amides is 2. The van der Waals surface area contributed by atoms with Crippen LogP contribution in [0.5, 0.6) is 0 Å². The lowest BCUT2D eigenvalue weighted by Crippen LogP contribution is -2.45. The number of rotatable bonds is 6. The Balaban J connectivity index is 1.64. The van der Waals surface area contributed by atoms with Crippen molar-refractivity contribution >= 4 is 27.5 Å². The van der Waals surface area contributed by atoms with Gasteiger partial charge in [0.1, 0.15) is 6.04 Å². The number of benzene rings is 1. The summed E-state index contributed by atoms with van der Waals surface area (Å²) in [6.45, 7) is 0.0999. The number of hydrogen-bond acceptors (Lipinski definition) is 6. The molecule has 164 valence electrons. The Kier molecular flexibility index (Phi) is 6.04. The van der Waals surface area contributed by atoms with Gasteiger partial charge in [-0.15, -0.1) is 0 Å². The van der Waals surface area contributed by atoms with Gasteiger partial charge in [0.2, 0.25) is 5.91 Å². The van der Waals surface area contributed by atoms with Crippen LogP contribution in [0, 0.1) is 5.92 Å². The first kappa shape index (κ1) is 21.4. The first-order chi connectivity index (χ1) is 14.8. The molecule has 1 saturated carbocycles. The number of aromatic nitrogens is 2. The molecule has 1 N–H and O–H groups in total. The number of carbonyl (C=O) groups is 2. The minimum absolute atomic E-state index is 0.0999. The van der Waals surface area contributed by atoms with Gasteiger partial charge in [-0.25, -0.2) is 13.4 Å². The zero-order valence-electron chi connectivity index (χ0n) is 17.5. The van der Waals surface area contributed by atoms with Crippen molar-refractivity contribution in [3.05, 3.63) is 47.9 Å². The van der Waals surface area contributed by atoms with E-state index in [0.29, 0.717) is 29.3 Å². The van der Waals surface area contributed by atoms with Crippen LogP contribution in [0.15, 0.2) is 41.7 Å². The monoisotopic (exact) mass is 442 g/mol. The second-order valence-electron chi connectivity index (χ2n) is 8.32. The van der Waals surface area contributed by atoms with Crippen LogP contribution >= 0.6 is 0 Å². The number of nitrogens with zero attached hydrogens (tertiary/aromatic N) is 3. The molecule has 4 rings (SSSR count). The Bertz CT molecular complexity index is 1080. The van der Waals surface area contributed by atoms with E-state index in [-0.39, 0.29) is 23.3 Å². The summed E-state index contributed by atoms with van der Waals surface area (Å²) in [5, 5.41) is 2.78. The number of hydrogen-bond donors (Lipinski definition) is 1. The van der Waals surface area contributed by atoms with E-state index in [0.717, 1.165) is 31.9 Å². The number of sulfone groups is 1. The molecule has 0 unspecified atom stereocenters. The van der Waals surface area contributed by atoms with Crippen molar-refractivity contribution in [1.29, 1.82) is 0 Å². The van der Waals surface area contributed by atoms with E-state index in [1.54, 1.807) is 12.1 Å². The van der Waals surface area contributed by atoms with Crippen LogP contribution in [-0.4, -0.2) is 47.4 Å². The van der Waals surface area contributed by atoms with Gasteiger partial charge in [-0.1, -0.05) is 38.2 Å². The zero-order chi connectivity index (χ0) is 22.0. The fraction of sp³-hybridized carbons (Fsp3) is 0.455. The summed E-state index contributed by atoms with van der Waals surface area (Å²) in [6.07, 6.45) is 11.6. The normalized spacial score (nSPS) is 18.0. The summed E-state index contributed by atoms with van der Waals surface area (Å²) in [5.41, 5.74) is 0.819. The number of carbonyl (C=O) groups excluding carboxylic acids is 2. The van der Waals surface area contributed by atoms with Gasteiger partial charge in [0.25, 0.3) is 5.91 Å². The third-order valence-corrected chi connectivity index (χ3v) is 7.31. The molecule has 0 bridgehead atoms. The van der Waals surface area contributed by atoms with Crippen molar-refractivity contribution in [2.75, 3.05) is 11.6 Å². The molecule has 1 aromatic carbocycles. The van der Waals surface area contributed by atoms with Crippen LogP contribution in [0.25, 0.3) is 0 Å². The Labute approximate surface area is 182 Å². The van der Waals surface area contributed by atoms with Crippen molar-refractivity contribution in [2.24, 2.45) is 5.92 Å². The van der Waals surface area contributed by atoms with Gasteiger partial charge in [-0.3, -0.25) is 14.6 Å². The molecule has 2 heterocycles. The fourth-order valence-corrected chi connectivity index (χ4v) is 5.56. The number of nitrogens with one attached hydrogen (secondary N) is 1. The van der Waals surface area contributed by atoms with E-state index in [2.05, 4.69) is 15.3 Å². The van der Waals surface area contributed by atoms with Crippen LogP contribution in [0.3, 0.4) is 0 Å². The van der Waals surface area contributed by atoms with Gasteiger partial charge in [0.05, 0.1) is 11.1 Å². The smallest absolute Gasteiger partial charge is 0.255 e. The summed E-state index contributed by atoms with van der Waals surface area (Å²) in [6, 6.07) is 4.01. The lowest BCUT2D eigenvalue weighted by atomic mass is 9.84. The highest BCUT2D eigenvalue weighted by Crippen LogP contribution is 2.34. The third kappa shape index (κ3) is 4.61. The molecule has 9 heteroatoms. The van der Waals surface area contributed by atoms with Crippen molar-refractivity contribution in [3.63, 3.8) is 0 Å². The van der Waals surface area contributed by atoms with Gasteiger partial charge < -0.3 is 10.2 Å². The second-order valence-corrected chi connectivity index (χ2v) is 10.3. The average Bonchev–Trinajstić information content (AvgIpc) is 3.09. The van der Waals surface area contributed by atoms with Crippen LogP contribution in [0.2, 0.25) is 0 Å². The Hall–Kier alpha value is -2.81. The molecule has 1 atom stereocenters. The quantitative estimate of drug-likeness (QED) is 0.737. The molecule has 8 nitrogen and oxygen atoms in total. The summed E-state index contributed by atoms with van der Waals surface area (Å²) in [4.78, 5) is 36.2. The SMILES string of the molecule is CS(=O)(=O)c1cccc2c1CN([C@@H](CC1CCCCC1)C(=O)Nc1cnccn1)C2=O. The van der Waals surface area contributed by atoms with E-state index < -0.39 is 15.9 Å². The zero-order valence-corrected chi connectivity index (χ0v) is 18.3. The topological polar surface area (TPSA) is 109 Å². The van der Waals surface area contributed by atoms with Crippen molar-refractivity contribution < 1.29 is 18.0 Å². The largest absolute Gasteiger partial charge is 0.322 e. The van der Waals surface area contributed by atoms with E-state index in [4.69, 9.17) is 0 Å². The first-order valence-electron chi connectivity index (χ1n) is 10.5. The molecule has 1 aliphatic carbocycles. The third-order valence-electron chi connectivity index (χ3n) is 6.13. The molecule has 2 aromatic rings. The molecule has 31 heavy (non-hydrogen) atoms. The van der Waals surface area contributed by atoms with E-state index in [1.807, 2.05) is 0 Å². The molecule has 1 aromatic heterocycles. The molecule has 0 saturated heterocycles. The Morgan fingerprint density at radius 2 is 2.00 bits per heavy atom. The molecule has 1 aliphatic heterocycles. The van der Waals surface area contributed by atoms with Gasteiger partial charge in [-0.05, 0) is 24.5 Å². The fourth-order valence-electron chi connectivity index (χ4n) is 4.61. The van der Waals surface area contributed by atoms with Gasteiger partial charge >= 0.3 is 0 Å². The van der Waals surface area contributed by atoms with Crippen molar-refractivity contribution in [3.8, 4) is 0 Å². The van der Waals surface area contributed by atoms with E-state index in [1.165, 1.54) is 36.0 Å². The van der Waals surface area contributed by atoms with Crippen LogP contribution < -0.4 is 5.32 Å². The second kappa shape index (κ2) is 8.74. The lowest BCUT2D eigenvalue weighted by Gasteiger charge is -2.31. The van der Waals surface area contributed by atoms with Crippen LogP contribution in [0.1, 0.15) is 54.4 Å². The number of anilines is 1. The molecule has 0 radical (unpaired) electrons. The Morgan fingerprint density at radius 3 is 2.68 bits per heavy atom. The summed E-state index contributed by atoms with van der Waals surface area (Å²) in [5.74, 6) is 0.0307. The maximum atomic E-state index is 13.3. The van der Waals surface area contributed by atoms with E-state index >= 15 is 0 Å². The molecular formula is C22H26N4O4S. The molecule has 2 aliphatic rings. The highest BCUT2D eigenvalue weighted by atomic mass is 32.2. The van der Waals surface area contributed by atoms with Crippen molar-refractivity contribution in [1.82, 2.24) is 14.9 Å². The van der Waals surface area contributed by atoms with E-state index in [9.17, 15) is 18.0 Å². The summed E-state index contributed by atoms with van der Waals surface area (Å²) < 4.78 is 24.5. The van der Waals surface area contributed by atoms with Gasteiger partial charge in [0, 0.05) is 36.3 Å². The summed E-state index contributed by atoms with van der Waals surface area (Å²) >= 11 is 0. The van der Waals surface area contributed by atoms with Crippen LogP contribution in [0.4, 0.5) is 5.82 Å². The van der Waals surface area contributed by atoms with Gasteiger partial charge in [0.15, 0.2) is 15.7 Å². The predicted molar refractivity (Wildman–Crippen MR) is 115 cm³/mol. The summed E-state index contributed by atoms with van der Waals surface area (Å²) in [7, 11) is -3.49. The van der Waals surface area contributed by atoms with Crippen molar-refractivity contribution in [2.45, 2.75) is 56.0 Å². The molecule has 1 fully saturated rings. The predicted octanol–water partition coefficient (Wildman–Crippen LogP) is 2.81. The number of fused-ring (bicyclic) bond motifs is 1. The molecule has 2 amide bonds. The first-order valence-corrected chi connectivity index (χ1v) is 12.4. The Morgan fingerprint density at radius 1 is 1.23 bits per heavy atom. The molecular weight excluding hydrogens is 416 g/mol.